The normalized spacial score (nSPS) is 12.2. The first-order valence-corrected chi connectivity index (χ1v) is 3.87. The van der Waals surface area contributed by atoms with Gasteiger partial charge in [0.1, 0.15) is 6.61 Å². The van der Waals surface area contributed by atoms with Crippen molar-refractivity contribution in [3.8, 4) is 0 Å². The van der Waals surface area contributed by atoms with Gasteiger partial charge in [-0.3, -0.25) is 4.79 Å². The fourth-order valence-electron chi connectivity index (χ4n) is 0.567. The molecule has 0 aromatic rings. The van der Waals surface area contributed by atoms with Gasteiger partial charge in [0.15, 0.2) is 0 Å². The number of ether oxygens (including phenoxy) is 1. The molecule has 0 radical (unpaired) electrons. The van der Waals surface area contributed by atoms with Gasteiger partial charge < -0.3 is 20.9 Å². The molecule has 0 aliphatic rings. The lowest BCUT2D eigenvalue weighted by molar-refractivity contribution is -0.142. The lowest BCUT2D eigenvalue weighted by Crippen LogP contribution is -2.39. The first-order valence-electron chi connectivity index (χ1n) is 3.87. The van der Waals surface area contributed by atoms with Crippen LogP contribution in [0.1, 0.15) is 6.92 Å². The van der Waals surface area contributed by atoms with Crippen molar-refractivity contribution in [2.24, 2.45) is 5.73 Å². The molecule has 0 fully saturated rings. The van der Waals surface area contributed by atoms with Crippen molar-refractivity contribution in [3.63, 3.8) is 0 Å². The molecule has 6 nitrogen and oxygen atoms in total. The smallest absolute Gasteiger partial charge is 0.329 e. The molecule has 0 heterocycles. The molecule has 6 heteroatoms. The van der Waals surface area contributed by atoms with E-state index in [0.717, 1.165) is 0 Å². The fraction of sp³-hybridized carbons (Fsp3) is 0.714. The van der Waals surface area contributed by atoms with E-state index in [-0.39, 0.29) is 25.7 Å². The Bertz CT molecular complexity index is 181. The number of carboxylic acids is 1. The van der Waals surface area contributed by atoms with Gasteiger partial charge in [-0.15, -0.1) is 0 Å². The highest BCUT2D eigenvalue weighted by Gasteiger charge is 2.05. The van der Waals surface area contributed by atoms with Gasteiger partial charge in [0.25, 0.3) is 0 Å². The summed E-state index contributed by atoms with van der Waals surface area (Å²) in [5, 5.41) is 10.7. The highest BCUT2D eigenvalue weighted by Crippen LogP contribution is 1.76. The molecule has 0 saturated carbocycles. The van der Waals surface area contributed by atoms with Crippen LogP contribution in [0.25, 0.3) is 0 Å². The van der Waals surface area contributed by atoms with Gasteiger partial charge in [-0.1, -0.05) is 0 Å². The summed E-state index contributed by atoms with van der Waals surface area (Å²) in [6.45, 7) is 1.65. The van der Waals surface area contributed by atoms with Gasteiger partial charge in [-0.05, 0) is 6.92 Å². The number of amides is 1. The molecule has 0 aromatic heterocycles. The second-order valence-electron chi connectivity index (χ2n) is 2.53. The molecule has 4 N–H and O–H groups in total. The van der Waals surface area contributed by atoms with Gasteiger partial charge in [0, 0.05) is 6.54 Å². The number of carboxylic acid groups (broad SMARTS) is 1. The maximum Gasteiger partial charge on any atom is 0.329 e. The first-order chi connectivity index (χ1) is 6.04. The van der Waals surface area contributed by atoms with E-state index in [2.05, 4.69) is 10.1 Å². The van der Waals surface area contributed by atoms with Crippen LogP contribution in [0, 0.1) is 0 Å². The molecule has 1 amide bonds. The highest BCUT2D eigenvalue weighted by atomic mass is 16.5. The molecule has 1 atom stereocenters. The molecule has 0 bridgehead atoms. The highest BCUT2D eigenvalue weighted by molar-refractivity contribution is 5.80. The van der Waals surface area contributed by atoms with E-state index in [0.29, 0.717) is 0 Å². The number of hydrogen-bond acceptors (Lipinski definition) is 4. The van der Waals surface area contributed by atoms with Crippen molar-refractivity contribution < 1.29 is 19.4 Å². The van der Waals surface area contributed by atoms with Crippen molar-refractivity contribution in [3.05, 3.63) is 0 Å². The number of nitrogens with two attached hydrogens (primary N) is 1. The quantitative estimate of drug-likeness (QED) is 0.445. The number of carbonyl (C=O) groups excluding carboxylic acids is 1. The lowest BCUT2D eigenvalue weighted by atomic mass is 10.3. The molecule has 76 valence electrons. The van der Waals surface area contributed by atoms with Crippen molar-refractivity contribution in [2.75, 3.05) is 19.8 Å². The van der Waals surface area contributed by atoms with E-state index in [1.54, 1.807) is 6.92 Å². The summed E-state index contributed by atoms with van der Waals surface area (Å²) in [7, 11) is 0. The third-order valence-electron chi connectivity index (χ3n) is 1.18. The minimum absolute atomic E-state index is 0.171. The predicted molar refractivity (Wildman–Crippen MR) is 45.1 cm³/mol. The Kier molecular flexibility index (Phi) is 5.82. The largest absolute Gasteiger partial charge is 0.480 e. The SMILES string of the molecule is C[C@H](N)C(=O)NCCOCC(=O)O. The van der Waals surface area contributed by atoms with Gasteiger partial charge in [-0.25, -0.2) is 4.79 Å². The fourth-order valence-corrected chi connectivity index (χ4v) is 0.567. The molecule has 0 aliphatic carbocycles. The van der Waals surface area contributed by atoms with Crippen LogP contribution in [0.3, 0.4) is 0 Å². The van der Waals surface area contributed by atoms with Crippen LogP contribution in [0.15, 0.2) is 0 Å². The van der Waals surface area contributed by atoms with Gasteiger partial charge in [0.2, 0.25) is 5.91 Å². The number of rotatable bonds is 6. The molecule has 0 spiro atoms. The molecule has 0 unspecified atom stereocenters. The zero-order valence-electron chi connectivity index (χ0n) is 7.45. The monoisotopic (exact) mass is 190 g/mol. The van der Waals surface area contributed by atoms with Crippen LogP contribution < -0.4 is 11.1 Å². The lowest BCUT2D eigenvalue weighted by Gasteiger charge is -2.06. The minimum atomic E-state index is -1.03. The molecule has 0 aromatic carbocycles. The van der Waals surface area contributed by atoms with E-state index in [1.165, 1.54) is 0 Å². The summed E-state index contributed by atoms with van der Waals surface area (Å²) in [4.78, 5) is 20.8. The first kappa shape index (κ1) is 11.9. The van der Waals surface area contributed by atoms with Crippen LogP contribution in [-0.4, -0.2) is 42.8 Å². The summed E-state index contributed by atoms with van der Waals surface area (Å²) in [6.07, 6.45) is 0. The van der Waals surface area contributed by atoms with Crippen molar-refractivity contribution in [2.45, 2.75) is 13.0 Å². The zero-order valence-corrected chi connectivity index (χ0v) is 7.45. The Balaban J connectivity index is 3.26. The molecular weight excluding hydrogens is 176 g/mol. The van der Waals surface area contributed by atoms with E-state index in [1.807, 2.05) is 0 Å². The second-order valence-corrected chi connectivity index (χ2v) is 2.53. The van der Waals surface area contributed by atoms with Crippen LogP contribution in [-0.2, 0) is 14.3 Å². The topological polar surface area (TPSA) is 102 Å². The van der Waals surface area contributed by atoms with Crippen LogP contribution in [0.4, 0.5) is 0 Å². The maximum atomic E-state index is 10.8. The van der Waals surface area contributed by atoms with Crippen molar-refractivity contribution in [1.29, 1.82) is 0 Å². The third-order valence-corrected chi connectivity index (χ3v) is 1.18. The van der Waals surface area contributed by atoms with Gasteiger partial charge in [-0.2, -0.15) is 0 Å². The average molecular weight is 190 g/mol. The summed E-state index contributed by atoms with van der Waals surface area (Å²) in [5.74, 6) is -1.31. The number of aliphatic carboxylic acids is 1. The van der Waals surface area contributed by atoms with E-state index in [4.69, 9.17) is 10.8 Å². The average Bonchev–Trinajstić information content (AvgIpc) is 2.02. The summed E-state index contributed by atoms with van der Waals surface area (Å²) in [6, 6.07) is -0.556. The Morgan fingerprint density at radius 2 is 2.23 bits per heavy atom. The van der Waals surface area contributed by atoms with Gasteiger partial charge in [0.05, 0.1) is 12.6 Å². The van der Waals surface area contributed by atoms with Crippen LogP contribution in [0.2, 0.25) is 0 Å². The summed E-state index contributed by atoms with van der Waals surface area (Å²) >= 11 is 0. The molecule has 0 rings (SSSR count). The minimum Gasteiger partial charge on any atom is -0.480 e. The Morgan fingerprint density at radius 1 is 1.62 bits per heavy atom. The van der Waals surface area contributed by atoms with Crippen LogP contribution >= 0.6 is 0 Å². The number of hydrogen-bond donors (Lipinski definition) is 3. The van der Waals surface area contributed by atoms with Gasteiger partial charge >= 0.3 is 5.97 Å². The molecular formula is C7H14N2O4. The standard InChI is InChI=1S/C7H14N2O4/c1-5(8)7(12)9-2-3-13-4-6(10)11/h5H,2-4,8H2,1H3,(H,9,12)(H,10,11)/t5-/m0/s1. The van der Waals surface area contributed by atoms with Crippen molar-refractivity contribution >= 4 is 11.9 Å². The van der Waals surface area contributed by atoms with E-state index < -0.39 is 12.0 Å². The second kappa shape index (κ2) is 6.38. The van der Waals surface area contributed by atoms with E-state index >= 15 is 0 Å². The summed E-state index contributed by atoms with van der Waals surface area (Å²) < 4.78 is 4.67. The predicted octanol–water partition coefficient (Wildman–Crippen LogP) is -1.45. The molecule has 13 heavy (non-hydrogen) atoms. The Morgan fingerprint density at radius 3 is 2.69 bits per heavy atom. The molecule has 0 aliphatic heterocycles. The molecule has 0 saturated heterocycles. The van der Waals surface area contributed by atoms with Crippen LogP contribution in [0.5, 0.6) is 0 Å². The van der Waals surface area contributed by atoms with E-state index in [9.17, 15) is 9.59 Å². The summed E-state index contributed by atoms with van der Waals surface area (Å²) in [5.41, 5.74) is 5.25. The Labute approximate surface area is 76.0 Å². The van der Waals surface area contributed by atoms with Crippen molar-refractivity contribution in [1.82, 2.24) is 5.32 Å². The Hall–Kier alpha value is -1.14. The number of nitrogens with one attached hydrogen (secondary N) is 1. The zero-order chi connectivity index (χ0) is 10.3. The number of carbonyl (C=O) groups is 2. The maximum absolute atomic E-state index is 10.8. The third kappa shape index (κ3) is 7.23.